The van der Waals surface area contributed by atoms with Crippen molar-refractivity contribution in [2.45, 2.75) is 76.5 Å². The zero-order valence-electron chi connectivity index (χ0n) is 16.3. The van der Waals surface area contributed by atoms with Gasteiger partial charge < -0.3 is 20.5 Å². The van der Waals surface area contributed by atoms with E-state index >= 15 is 0 Å². The molecule has 27 heavy (non-hydrogen) atoms. The van der Waals surface area contributed by atoms with Gasteiger partial charge in [0.2, 0.25) is 0 Å². The van der Waals surface area contributed by atoms with Crippen LogP contribution in [-0.2, 0) is 6.42 Å². The molecular formula is C22H32N2O3. The quantitative estimate of drug-likeness (QED) is 0.854. The summed E-state index contributed by atoms with van der Waals surface area (Å²) in [6, 6.07) is 6.09. The van der Waals surface area contributed by atoms with Crippen LogP contribution in [0.3, 0.4) is 0 Å². The summed E-state index contributed by atoms with van der Waals surface area (Å²) >= 11 is 0. The summed E-state index contributed by atoms with van der Waals surface area (Å²) in [7, 11) is 0. The number of rotatable bonds is 3. The van der Waals surface area contributed by atoms with Gasteiger partial charge in [-0.15, -0.1) is 0 Å². The molecule has 2 saturated carbocycles. The van der Waals surface area contributed by atoms with Crippen molar-refractivity contribution < 1.29 is 14.6 Å². The van der Waals surface area contributed by atoms with E-state index in [0.717, 1.165) is 50.7 Å². The largest absolute Gasteiger partial charge is 0.488 e. The highest BCUT2D eigenvalue weighted by molar-refractivity contribution is 5.72. The maximum absolute atomic E-state index is 12.3. The van der Waals surface area contributed by atoms with Crippen LogP contribution in [0.2, 0.25) is 0 Å². The number of urea groups is 1. The lowest BCUT2D eigenvalue weighted by Crippen LogP contribution is -2.55. The number of aryl methyl sites for hydroxylation is 2. The second kappa shape index (κ2) is 7.70. The summed E-state index contributed by atoms with van der Waals surface area (Å²) in [4.78, 5) is 14.2. The minimum Gasteiger partial charge on any atom is -0.488 e. The van der Waals surface area contributed by atoms with Gasteiger partial charge in [-0.05, 0) is 68.9 Å². The van der Waals surface area contributed by atoms with Gasteiger partial charge in [-0.1, -0.05) is 30.5 Å². The lowest BCUT2D eigenvalue weighted by atomic mass is 9.67. The normalized spacial score (nSPS) is 32.7. The van der Waals surface area contributed by atoms with Gasteiger partial charge in [0.05, 0.1) is 12.6 Å². The summed E-state index contributed by atoms with van der Waals surface area (Å²) in [5.41, 5.74) is 8.33. The maximum atomic E-state index is 12.3. The van der Waals surface area contributed by atoms with Gasteiger partial charge in [0.1, 0.15) is 11.9 Å². The van der Waals surface area contributed by atoms with Crippen LogP contribution in [0.5, 0.6) is 5.75 Å². The Balaban J connectivity index is 1.48. The van der Waals surface area contributed by atoms with Gasteiger partial charge in [-0.3, -0.25) is 0 Å². The molecule has 3 N–H and O–H groups in total. The van der Waals surface area contributed by atoms with E-state index in [4.69, 9.17) is 10.5 Å². The number of ether oxygens (including phenoxy) is 1. The monoisotopic (exact) mass is 372 g/mol. The third kappa shape index (κ3) is 3.93. The van der Waals surface area contributed by atoms with E-state index in [0.29, 0.717) is 18.4 Å². The van der Waals surface area contributed by atoms with Crippen LogP contribution in [0.4, 0.5) is 4.79 Å². The van der Waals surface area contributed by atoms with Crippen molar-refractivity contribution in [1.82, 2.24) is 4.90 Å². The van der Waals surface area contributed by atoms with Crippen molar-refractivity contribution in [3.05, 3.63) is 29.3 Å². The van der Waals surface area contributed by atoms with Crippen LogP contribution in [0, 0.1) is 18.8 Å². The molecule has 5 heteroatoms. The Bertz CT molecular complexity index is 692. The second-order valence-corrected chi connectivity index (χ2v) is 8.77. The Labute approximate surface area is 161 Å². The summed E-state index contributed by atoms with van der Waals surface area (Å²) in [6.45, 7) is 2.64. The summed E-state index contributed by atoms with van der Waals surface area (Å²) in [6.07, 6.45) is 7.74. The number of nitrogens with two attached hydrogens (primary N) is 1. The third-order valence-corrected chi connectivity index (χ3v) is 6.92. The molecule has 5 atom stereocenters. The molecule has 1 heterocycles. The van der Waals surface area contributed by atoms with E-state index in [2.05, 4.69) is 19.1 Å². The van der Waals surface area contributed by atoms with Crippen molar-refractivity contribution in [2.75, 3.05) is 6.54 Å². The van der Waals surface area contributed by atoms with Gasteiger partial charge >= 0.3 is 6.03 Å². The predicted octanol–water partition coefficient (Wildman–Crippen LogP) is 3.40. The standard InChI is InChI=1S/C22H32N2O3/c1-14-5-10-21-16(11-14)7-9-18(27-21)13-24(22(23)26)20-4-2-3-15-6-8-17(25)12-19(15)20/h5,10-11,15,17-20,25H,2-4,6-9,12-13H2,1H3,(H2,23,26). The van der Waals surface area contributed by atoms with E-state index in [1.807, 2.05) is 11.0 Å². The van der Waals surface area contributed by atoms with Crippen molar-refractivity contribution >= 4 is 6.03 Å². The Morgan fingerprint density at radius 2 is 2.11 bits per heavy atom. The van der Waals surface area contributed by atoms with Crippen LogP contribution in [0.15, 0.2) is 18.2 Å². The lowest BCUT2D eigenvalue weighted by molar-refractivity contribution is -0.00514. The van der Waals surface area contributed by atoms with Gasteiger partial charge in [0.15, 0.2) is 0 Å². The molecule has 0 radical (unpaired) electrons. The number of carbonyl (C=O) groups excluding carboxylic acids is 1. The topological polar surface area (TPSA) is 75.8 Å². The molecule has 3 aliphatic rings. The SMILES string of the molecule is Cc1ccc2c(c1)CCC(CN(C(N)=O)C1CCCC3CCC(O)CC31)O2. The van der Waals surface area contributed by atoms with Crippen molar-refractivity contribution in [1.29, 1.82) is 0 Å². The van der Waals surface area contributed by atoms with E-state index in [-0.39, 0.29) is 24.3 Å². The van der Waals surface area contributed by atoms with E-state index in [9.17, 15) is 9.90 Å². The van der Waals surface area contributed by atoms with Crippen molar-refractivity contribution in [3.8, 4) is 5.75 Å². The zero-order chi connectivity index (χ0) is 19.0. The molecule has 2 fully saturated rings. The number of hydrogen-bond acceptors (Lipinski definition) is 3. The van der Waals surface area contributed by atoms with Crippen LogP contribution in [0.25, 0.3) is 0 Å². The molecule has 0 aromatic heterocycles. The van der Waals surface area contributed by atoms with Gasteiger partial charge in [-0.25, -0.2) is 4.79 Å². The third-order valence-electron chi connectivity index (χ3n) is 6.92. The first-order valence-electron chi connectivity index (χ1n) is 10.5. The number of aliphatic hydroxyl groups is 1. The molecular weight excluding hydrogens is 340 g/mol. The fourth-order valence-corrected chi connectivity index (χ4v) is 5.58. The molecule has 148 valence electrons. The molecule has 2 aliphatic carbocycles. The van der Waals surface area contributed by atoms with Crippen LogP contribution in [-0.4, -0.2) is 40.8 Å². The zero-order valence-corrected chi connectivity index (χ0v) is 16.3. The smallest absolute Gasteiger partial charge is 0.315 e. The summed E-state index contributed by atoms with van der Waals surface area (Å²) in [5.74, 6) is 1.93. The van der Waals surface area contributed by atoms with Crippen LogP contribution >= 0.6 is 0 Å². The first-order valence-corrected chi connectivity index (χ1v) is 10.5. The fraction of sp³-hybridized carbons (Fsp3) is 0.682. The highest BCUT2D eigenvalue weighted by Gasteiger charge is 2.42. The highest BCUT2D eigenvalue weighted by Crippen LogP contribution is 2.43. The summed E-state index contributed by atoms with van der Waals surface area (Å²) in [5, 5.41) is 10.2. The highest BCUT2D eigenvalue weighted by atomic mass is 16.5. The van der Waals surface area contributed by atoms with E-state index in [1.54, 1.807) is 0 Å². The minimum absolute atomic E-state index is 0.0124. The van der Waals surface area contributed by atoms with Crippen molar-refractivity contribution in [3.63, 3.8) is 0 Å². The Hall–Kier alpha value is -1.75. The van der Waals surface area contributed by atoms with E-state index in [1.165, 1.54) is 17.5 Å². The number of benzene rings is 1. The number of primary amides is 1. The molecule has 0 spiro atoms. The molecule has 1 aromatic rings. The molecule has 5 nitrogen and oxygen atoms in total. The molecule has 4 rings (SSSR count). The molecule has 5 unspecified atom stereocenters. The first kappa shape index (κ1) is 18.6. The first-order chi connectivity index (χ1) is 13.0. The van der Waals surface area contributed by atoms with Crippen molar-refractivity contribution in [2.24, 2.45) is 17.6 Å². The average Bonchev–Trinajstić information content (AvgIpc) is 2.65. The van der Waals surface area contributed by atoms with Gasteiger partial charge in [-0.2, -0.15) is 0 Å². The van der Waals surface area contributed by atoms with E-state index < -0.39 is 0 Å². The lowest BCUT2D eigenvalue weighted by Gasteiger charge is -2.47. The number of aliphatic hydroxyl groups excluding tert-OH is 1. The Kier molecular flexibility index (Phi) is 5.31. The molecule has 0 bridgehead atoms. The number of carbonyl (C=O) groups is 1. The number of amides is 2. The fourth-order valence-electron chi connectivity index (χ4n) is 5.58. The van der Waals surface area contributed by atoms with Crippen LogP contribution < -0.4 is 10.5 Å². The number of fused-ring (bicyclic) bond motifs is 2. The summed E-state index contributed by atoms with van der Waals surface area (Å²) < 4.78 is 6.22. The second-order valence-electron chi connectivity index (χ2n) is 8.77. The van der Waals surface area contributed by atoms with Crippen LogP contribution in [0.1, 0.15) is 56.1 Å². The minimum atomic E-state index is -0.348. The number of nitrogens with zero attached hydrogens (tertiary/aromatic N) is 1. The molecule has 1 aromatic carbocycles. The maximum Gasteiger partial charge on any atom is 0.315 e. The molecule has 0 saturated heterocycles. The average molecular weight is 373 g/mol. The predicted molar refractivity (Wildman–Crippen MR) is 105 cm³/mol. The number of hydrogen-bond donors (Lipinski definition) is 2. The molecule has 2 amide bonds. The molecule has 1 aliphatic heterocycles. The Morgan fingerprint density at radius 3 is 2.93 bits per heavy atom. The van der Waals surface area contributed by atoms with Gasteiger partial charge in [0, 0.05) is 6.04 Å². The van der Waals surface area contributed by atoms with Gasteiger partial charge in [0.25, 0.3) is 0 Å². The Morgan fingerprint density at radius 1 is 1.26 bits per heavy atom.